The molecule has 0 aliphatic heterocycles. The molecule has 2 aromatic heterocycles. The Morgan fingerprint density at radius 1 is 1.24 bits per heavy atom. The molecule has 0 spiro atoms. The lowest BCUT2D eigenvalue weighted by atomic mass is 9.91. The van der Waals surface area contributed by atoms with Gasteiger partial charge in [0.15, 0.2) is 0 Å². The van der Waals surface area contributed by atoms with E-state index in [-0.39, 0.29) is 10.6 Å². The quantitative estimate of drug-likeness (QED) is 0.428. The molecule has 0 fully saturated rings. The maximum absolute atomic E-state index is 11.1. The van der Waals surface area contributed by atoms with Gasteiger partial charge in [0.25, 0.3) is 5.19 Å². The third-order valence-corrected chi connectivity index (χ3v) is 5.84. The second kappa shape index (κ2) is 10.8. The standard InChI is InChI=1S/C23H32N6O3S/c1-23(2,3)19-18(33-22(28-19)32-21(24)30)9-10-25-20-16-8-7-15(13-17(16)26-14-27-20)31-12-6-11-29(4)5/h7-8,13-14H,6,9-12H2,1-5H3,(H2,24,30)(H,25,26,27). The number of hydrogen-bond acceptors (Lipinski definition) is 9. The van der Waals surface area contributed by atoms with E-state index >= 15 is 0 Å². The van der Waals surface area contributed by atoms with Crippen molar-refractivity contribution in [3.8, 4) is 10.9 Å². The number of nitrogens with two attached hydrogens (primary N) is 1. The van der Waals surface area contributed by atoms with Crippen LogP contribution in [-0.2, 0) is 11.8 Å². The maximum atomic E-state index is 11.1. The van der Waals surface area contributed by atoms with Gasteiger partial charge in [0, 0.05) is 41.3 Å². The highest BCUT2D eigenvalue weighted by Crippen LogP contribution is 2.34. The predicted octanol–water partition coefficient (Wildman–Crippen LogP) is 3.83. The molecule has 0 bridgehead atoms. The first-order valence-electron chi connectivity index (χ1n) is 10.9. The Labute approximate surface area is 198 Å². The lowest BCUT2D eigenvalue weighted by molar-refractivity contribution is 0.210. The first-order chi connectivity index (χ1) is 15.6. The van der Waals surface area contributed by atoms with E-state index in [9.17, 15) is 4.79 Å². The molecule has 0 saturated carbocycles. The number of amides is 1. The average molecular weight is 473 g/mol. The number of nitrogens with zero attached hydrogens (tertiary/aromatic N) is 4. The Balaban J connectivity index is 1.67. The van der Waals surface area contributed by atoms with Gasteiger partial charge in [0.2, 0.25) is 0 Å². The third-order valence-electron chi connectivity index (χ3n) is 4.85. The molecule has 1 aromatic carbocycles. The first-order valence-corrected chi connectivity index (χ1v) is 11.7. The summed E-state index contributed by atoms with van der Waals surface area (Å²) in [7, 11) is 4.10. The number of rotatable bonds is 10. The topological polar surface area (TPSA) is 115 Å². The highest BCUT2D eigenvalue weighted by molar-refractivity contribution is 7.13. The van der Waals surface area contributed by atoms with Crippen LogP contribution in [0.2, 0.25) is 0 Å². The molecule has 0 unspecified atom stereocenters. The van der Waals surface area contributed by atoms with E-state index in [2.05, 4.69) is 45.9 Å². The van der Waals surface area contributed by atoms with Gasteiger partial charge in [0.05, 0.1) is 17.8 Å². The molecule has 9 nitrogen and oxygen atoms in total. The van der Waals surface area contributed by atoms with Crippen LogP contribution in [0.25, 0.3) is 10.9 Å². The number of nitrogens with one attached hydrogen (secondary N) is 1. The van der Waals surface area contributed by atoms with Gasteiger partial charge < -0.3 is 25.4 Å². The van der Waals surface area contributed by atoms with E-state index in [4.69, 9.17) is 15.2 Å². The summed E-state index contributed by atoms with van der Waals surface area (Å²) in [5, 5.41) is 4.60. The molecule has 0 radical (unpaired) electrons. The summed E-state index contributed by atoms with van der Waals surface area (Å²) in [6.45, 7) is 8.50. The summed E-state index contributed by atoms with van der Waals surface area (Å²) in [6.07, 6.45) is 2.35. The van der Waals surface area contributed by atoms with E-state index in [0.29, 0.717) is 19.6 Å². The normalized spacial score (nSPS) is 11.7. The molecule has 0 saturated heterocycles. The summed E-state index contributed by atoms with van der Waals surface area (Å²) in [4.78, 5) is 27.6. The van der Waals surface area contributed by atoms with Crippen LogP contribution < -0.4 is 20.5 Å². The second-order valence-electron chi connectivity index (χ2n) is 9.01. The number of ether oxygens (including phenoxy) is 2. The van der Waals surface area contributed by atoms with Gasteiger partial charge in [0.1, 0.15) is 17.9 Å². The fourth-order valence-electron chi connectivity index (χ4n) is 3.35. The van der Waals surface area contributed by atoms with Crippen LogP contribution in [0.1, 0.15) is 37.8 Å². The van der Waals surface area contributed by atoms with E-state index in [0.717, 1.165) is 46.0 Å². The van der Waals surface area contributed by atoms with Crippen LogP contribution in [0.3, 0.4) is 0 Å². The van der Waals surface area contributed by atoms with Crippen LogP contribution in [0.15, 0.2) is 24.5 Å². The molecule has 0 aliphatic rings. The Bertz CT molecular complexity index is 1090. The monoisotopic (exact) mass is 472 g/mol. The van der Waals surface area contributed by atoms with Crippen molar-refractivity contribution >= 4 is 34.2 Å². The van der Waals surface area contributed by atoms with Crippen molar-refractivity contribution in [2.75, 3.05) is 39.1 Å². The minimum atomic E-state index is -0.859. The van der Waals surface area contributed by atoms with Crippen molar-refractivity contribution in [3.05, 3.63) is 35.1 Å². The van der Waals surface area contributed by atoms with E-state index < -0.39 is 6.09 Å². The van der Waals surface area contributed by atoms with Crippen LogP contribution in [0.5, 0.6) is 10.9 Å². The summed E-state index contributed by atoms with van der Waals surface area (Å²) in [5.41, 5.74) is 6.68. The molecule has 1 amide bonds. The van der Waals surface area contributed by atoms with Crippen LogP contribution in [-0.4, -0.2) is 59.7 Å². The number of hydrogen-bond donors (Lipinski definition) is 2. The van der Waals surface area contributed by atoms with Crippen molar-refractivity contribution in [2.24, 2.45) is 5.73 Å². The molecular weight excluding hydrogens is 440 g/mol. The summed E-state index contributed by atoms with van der Waals surface area (Å²) in [5.74, 6) is 1.56. The first kappa shape index (κ1) is 24.7. The number of thiazole rings is 1. The van der Waals surface area contributed by atoms with Crippen LogP contribution in [0, 0.1) is 0 Å². The smallest absolute Gasteiger partial charge is 0.411 e. The minimum Gasteiger partial charge on any atom is -0.493 e. The predicted molar refractivity (Wildman–Crippen MR) is 131 cm³/mol. The summed E-state index contributed by atoms with van der Waals surface area (Å²) < 4.78 is 10.9. The van der Waals surface area contributed by atoms with E-state index in [1.807, 2.05) is 32.3 Å². The second-order valence-corrected chi connectivity index (χ2v) is 10.1. The van der Waals surface area contributed by atoms with Gasteiger partial charge in [-0.1, -0.05) is 32.1 Å². The fourth-order valence-corrected chi connectivity index (χ4v) is 4.47. The van der Waals surface area contributed by atoms with Crippen molar-refractivity contribution in [1.29, 1.82) is 0 Å². The molecule has 178 valence electrons. The SMILES string of the molecule is CN(C)CCCOc1ccc2c(NCCc3sc(OC(N)=O)nc3C(C)(C)C)ncnc2c1. The molecular formula is C23H32N6O3S. The number of fused-ring (bicyclic) bond motifs is 1. The molecule has 10 heteroatoms. The molecule has 3 aromatic rings. The number of aromatic nitrogens is 3. The van der Waals surface area contributed by atoms with Gasteiger partial charge in [-0.15, -0.1) is 0 Å². The number of benzene rings is 1. The lowest BCUT2D eigenvalue weighted by Crippen LogP contribution is -2.17. The van der Waals surface area contributed by atoms with E-state index in [1.54, 1.807) is 6.33 Å². The van der Waals surface area contributed by atoms with Gasteiger partial charge in [-0.2, -0.15) is 0 Å². The zero-order chi connectivity index (χ0) is 24.0. The molecule has 3 rings (SSSR count). The fraction of sp³-hybridized carbons (Fsp3) is 0.478. The molecule has 2 heterocycles. The molecule has 0 atom stereocenters. The Morgan fingerprint density at radius 2 is 2.03 bits per heavy atom. The van der Waals surface area contributed by atoms with Crippen molar-refractivity contribution < 1.29 is 14.3 Å². The van der Waals surface area contributed by atoms with Gasteiger partial charge in [-0.25, -0.2) is 19.7 Å². The average Bonchev–Trinajstić information content (AvgIpc) is 3.13. The van der Waals surface area contributed by atoms with E-state index in [1.165, 1.54) is 11.3 Å². The summed E-state index contributed by atoms with van der Waals surface area (Å²) in [6, 6.07) is 5.86. The van der Waals surface area contributed by atoms with Crippen LogP contribution >= 0.6 is 11.3 Å². The Hall–Kier alpha value is -2.98. The van der Waals surface area contributed by atoms with Gasteiger partial charge in [-0.05, 0) is 32.6 Å². The number of carbonyl (C=O) groups is 1. The highest BCUT2D eigenvalue weighted by Gasteiger charge is 2.24. The van der Waals surface area contributed by atoms with Gasteiger partial charge >= 0.3 is 6.09 Å². The van der Waals surface area contributed by atoms with Crippen molar-refractivity contribution in [3.63, 3.8) is 0 Å². The zero-order valence-electron chi connectivity index (χ0n) is 19.8. The van der Waals surface area contributed by atoms with Crippen molar-refractivity contribution in [1.82, 2.24) is 19.9 Å². The number of anilines is 1. The number of primary amides is 1. The minimum absolute atomic E-state index is 0.185. The molecule has 3 N–H and O–H groups in total. The van der Waals surface area contributed by atoms with Crippen molar-refractivity contribution in [2.45, 2.75) is 39.0 Å². The Morgan fingerprint density at radius 3 is 2.73 bits per heavy atom. The van der Waals surface area contributed by atoms with Crippen LogP contribution in [0.4, 0.5) is 10.6 Å². The largest absolute Gasteiger partial charge is 0.493 e. The maximum Gasteiger partial charge on any atom is 0.411 e. The highest BCUT2D eigenvalue weighted by atomic mass is 32.1. The lowest BCUT2D eigenvalue weighted by Gasteiger charge is -2.17. The molecule has 0 aliphatic carbocycles. The molecule has 33 heavy (non-hydrogen) atoms. The zero-order valence-corrected chi connectivity index (χ0v) is 20.7. The van der Waals surface area contributed by atoms with Gasteiger partial charge in [-0.3, -0.25) is 0 Å². The Kier molecular flexibility index (Phi) is 8.04. The summed E-state index contributed by atoms with van der Waals surface area (Å²) >= 11 is 1.34. The third kappa shape index (κ3) is 7.00. The number of carbonyl (C=O) groups excluding carboxylic acids is 1.